The number of anilines is 1. The minimum absolute atomic E-state index is 0.0646. The summed E-state index contributed by atoms with van der Waals surface area (Å²) in [5, 5.41) is 16.9. The summed E-state index contributed by atoms with van der Waals surface area (Å²) in [5.74, 6) is -0.417. The largest absolute Gasteiger partial charge is 0.462 e. The number of nitrogens with zero attached hydrogens (tertiary/aromatic N) is 3. The highest BCUT2D eigenvalue weighted by atomic mass is 16.5. The summed E-state index contributed by atoms with van der Waals surface area (Å²) < 4.78 is 10.6. The van der Waals surface area contributed by atoms with Crippen LogP contribution in [-0.2, 0) is 9.47 Å². The monoisotopic (exact) mass is 306 g/mol. The van der Waals surface area contributed by atoms with E-state index >= 15 is 0 Å². The van der Waals surface area contributed by atoms with Crippen molar-refractivity contribution in [3.8, 4) is 0 Å². The molecule has 0 aromatic carbocycles. The minimum atomic E-state index is -0.417. The van der Waals surface area contributed by atoms with E-state index in [2.05, 4.69) is 15.2 Å². The fourth-order valence-corrected chi connectivity index (χ4v) is 2.62. The number of aliphatic hydroxyl groups excluding tert-OH is 1. The van der Waals surface area contributed by atoms with Crippen molar-refractivity contribution in [2.24, 2.45) is 0 Å². The summed E-state index contributed by atoms with van der Waals surface area (Å²) in [6.45, 7) is 3.59. The number of esters is 1. The molecule has 8 heteroatoms. The Hall–Kier alpha value is -2.19. The van der Waals surface area contributed by atoms with E-state index in [4.69, 9.17) is 9.47 Å². The van der Waals surface area contributed by atoms with Gasteiger partial charge in [0.1, 0.15) is 5.56 Å². The molecule has 2 aromatic rings. The Bertz CT molecular complexity index is 672. The van der Waals surface area contributed by atoms with Crippen molar-refractivity contribution in [2.45, 2.75) is 13.0 Å². The molecule has 8 nitrogen and oxygen atoms in total. The van der Waals surface area contributed by atoms with Crippen LogP contribution in [0.3, 0.4) is 0 Å². The fraction of sp³-hybridized carbons (Fsp3) is 0.500. The van der Waals surface area contributed by atoms with E-state index in [-0.39, 0.29) is 12.7 Å². The number of carbonyl (C=O) groups excluding carboxylic acids is 1. The Morgan fingerprint density at radius 3 is 3.23 bits per heavy atom. The van der Waals surface area contributed by atoms with Crippen molar-refractivity contribution < 1.29 is 19.4 Å². The molecule has 0 radical (unpaired) electrons. The van der Waals surface area contributed by atoms with Crippen LogP contribution < -0.4 is 4.90 Å². The first-order chi connectivity index (χ1) is 10.7. The van der Waals surface area contributed by atoms with Gasteiger partial charge in [0.2, 0.25) is 0 Å². The number of hydrogen-bond acceptors (Lipinski definition) is 7. The van der Waals surface area contributed by atoms with Gasteiger partial charge in [-0.25, -0.2) is 9.78 Å². The molecule has 3 heterocycles. The number of morpholine rings is 1. The summed E-state index contributed by atoms with van der Waals surface area (Å²) in [5.41, 5.74) is 1.73. The summed E-state index contributed by atoms with van der Waals surface area (Å²) >= 11 is 0. The molecule has 118 valence electrons. The van der Waals surface area contributed by atoms with Gasteiger partial charge >= 0.3 is 5.97 Å². The molecular weight excluding hydrogens is 288 g/mol. The molecule has 3 rings (SSSR count). The van der Waals surface area contributed by atoms with Crippen molar-refractivity contribution in [3.05, 3.63) is 18.0 Å². The maximum Gasteiger partial charge on any atom is 0.341 e. The predicted molar refractivity (Wildman–Crippen MR) is 78.9 cm³/mol. The number of carbonyl (C=O) groups is 1. The second kappa shape index (κ2) is 6.29. The number of H-pyrrole nitrogens is 1. The first kappa shape index (κ1) is 14.7. The lowest BCUT2D eigenvalue weighted by molar-refractivity contribution is 0.00353. The molecule has 0 spiro atoms. The van der Waals surface area contributed by atoms with E-state index in [0.717, 1.165) is 11.1 Å². The first-order valence-corrected chi connectivity index (χ1v) is 7.21. The van der Waals surface area contributed by atoms with Crippen molar-refractivity contribution in [2.75, 3.05) is 37.8 Å². The quantitative estimate of drug-likeness (QED) is 0.785. The number of ether oxygens (including phenoxy) is 2. The lowest BCUT2D eigenvalue weighted by Gasteiger charge is -2.34. The predicted octanol–water partition coefficient (Wildman–Crippen LogP) is 0.332. The van der Waals surface area contributed by atoms with Crippen LogP contribution in [0.2, 0.25) is 0 Å². The number of rotatable bonds is 4. The fourth-order valence-electron chi connectivity index (χ4n) is 2.62. The number of aromatic amines is 1. The van der Waals surface area contributed by atoms with Gasteiger partial charge in [-0.2, -0.15) is 5.10 Å². The van der Waals surface area contributed by atoms with Gasteiger partial charge in [0.15, 0.2) is 5.65 Å². The van der Waals surface area contributed by atoms with Crippen molar-refractivity contribution in [1.29, 1.82) is 0 Å². The van der Waals surface area contributed by atoms with Crippen molar-refractivity contribution in [3.63, 3.8) is 0 Å². The van der Waals surface area contributed by atoms with E-state index in [1.165, 1.54) is 6.20 Å². The third-order valence-corrected chi connectivity index (χ3v) is 3.61. The molecule has 1 atom stereocenters. The molecule has 0 bridgehead atoms. The Labute approximate surface area is 127 Å². The molecule has 1 aliphatic heterocycles. The van der Waals surface area contributed by atoms with Gasteiger partial charge in [-0.3, -0.25) is 5.10 Å². The Morgan fingerprint density at radius 1 is 1.59 bits per heavy atom. The van der Waals surface area contributed by atoms with Gasteiger partial charge < -0.3 is 19.5 Å². The molecule has 2 N–H and O–H groups in total. The van der Waals surface area contributed by atoms with E-state index in [1.54, 1.807) is 13.1 Å². The molecule has 1 saturated heterocycles. The highest BCUT2D eigenvalue weighted by molar-refractivity contribution is 6.04. The standard InChI is InChI=1S/C14H18N4O4/c1-2-21-14(20)11-5-15-13-10(6-16-17-13)12(11)18-3-4-22-9(7-18)8-19/h5-6,9,19H,2-4,7-8H2,1H3,(H,15,16,17)/t9-/m0/s1. The molecular formula is C14H18N4O4. The zero-order chi connectivity index (χ0) is 15.5. The third-order valence-electron chi connectivity index (χ3n) is 3.61. The molecule has 1 fully saturated rings. The second-order valence-corrected chi connectivity index (χ2v) is 4.99. The highest BCUT2D eigenvalue weighted by Crippen LogP contribution is 2.30. The van der Waals surface area contributed by atoms with E-state index in [1.807, 2.05) is 4.90 Å². The van der Waals surface area contributed by atoms with E-state index in [9.17, 15) is 9.90 Å². The summed E-state index contributed by atoms with van der Waals surface area (Å²) in [4.78, 5) is 18.4. The first-order valence-electron chi connectivity index (χ1n) is 7.21. The second-order valence-electron chi connectivity index (χ2n) is 4.99. The lowest BCUT2D eigenvalue weighted by atomic mass is 10.1. The van der Waals surface area contributed by atoms with Crippen molar-refractivity contribution >= 4 is 22.7 Å². The summed E-state index contributed by atoms with van der Waals surface area (Å²) in [6, 6.07) is 0. The average Bonchev–Trinajstić information content (AvgIpc) is 3.02. The molecule has 22 heavy (non-hydrogen) atoms. The Balaban J connectivity index is 2.06. The van der Waals surface area contributed by atoms with Gasteiger partial charge in [-0.15, -0.1) is 0 Å². The molecule has 0 saturated carbocycles. The van der Waals surface area contributed by atoms with Gasteiger partial charge in [-0.05, 0) is 6.92 Å². The lowest BCUT2D eigenvalue weighted by Crippen LogP contribution is -2.44. The Kier molecular flexibility index (Phi) is 4.21. The minimum Gasteiger partial charge on any atom is -0.462 e. The van der Waals surface area contributed by atoms with Gasteiger partial charge in [-0.1, -0.05) is 0 Å². The maximum absolute atomic E-state index is 12.2. The van der Waals surface area contributed by atoms with Crippen LogP contribution in [0.25, 0.3) is 11.0 Å². The normalized spacial score (nSPS) is 18.6. The van der Waals surface area contributed by atoms with Gasteiger partial charge in [0.05, 0.1) is 43.2 Å². The maximum atomic E-state index is 12.2. The molecule has 0 unspecified atom stereocenters. The van der Waals surface area contributed by atoms with Crippen LogP contribution in [0.15, 0.2) is 12.4 Å². The smallest absolute Gasteiger partial charge is 0.341 e. The van der Waals surface area contributed by atoms with Crippen LogP contribution >= 0.6 is 0 Å². The van der Waals surface area contributed by atoms with Crippen LogP contribution in [0.4, 0.5) is 5.69 Å². The van der Waals surface area contributed by atoms with Crippen LogP contribution in [0.1, 0.15) is 17.3 Å². The van der Waals surface area contributed by atoms with Crippen molar-refractivity contribution in [1.82, 2.24) is 15.2 Å². The molecule has 0 amide bonds. The van der Waals surface area contributed by atoms with Gasteiger partial charge in [0, 0.05) is 19.3 Å². The zero-order valence-corrected chi connectivity index (χ0v) is 12.3. The zero-order valence-electron chi connectivity index (χ0n) is 12.3. The van der Waals surface area contributed by atoms with Crippen LogP contribution in [0.5, 0.6) is 0 Å². The summed E-state index contributed by atoms with van der Waals surface area (Å²) in [7, 11) is 0. The summed E-state index contributed by atoms with van der Waals surface area (Å²) in [6.07, 6.45) is 2.86. The third kappa shape index (κ3) is 2.62. The number of pyridine rings is 1. The number of aromatic nitrogens is 3. The Morgan fingerprint density at radius 2 is 2.45 bits per heavy atom. The number of fused-ring (bicyclic) bond motifs is 1. The topological polar surface area (TPSA) is 101 Å². The molecule has 1 aliphatic rings. The van der Waals surface area contributed by atoms with Crippen LogP contribution in [-0.4, -0.2) is 65.3 Å². The van der Waals surface area contributed by atoms with Crippen LogP contribution in [0, 0.1) is 0 Å². The average molecular weight is 306 g/mol. The SMILES string of the molecule is CCOC(=O)c1cnc2[nH]ncc2c1N1CCO[C@H](CO)C1. The van der Waals surface area contributed by atoms with Gasteiger partial charge in [0.25, 0.3) is 0 Å². The molecule has 0 aliphatic carbocycles. The molecule has 2 aromatic heterocycles. The van der Waals surface area contributed by atoms with E-state index in [0.29, 0.717) is 37.5 Å². The number of nitrogens with one attached hydrogen (secondary N) is 1. The number of aliphatic hydroxyl groups is 1. The number of hydrogen-bond donors (Lipinski definition) is 2. The van der Waals surface area contributed by atoms with E-state index < -0.39 is 5.97 Å². The highest BCUT2D eigenvalue weighted by Gasteiger charge is 2.27.